The molecule has 3 aromatic rings. The normalized spacial score (nSPS) is 13.2. The molecule has 0 unspecified atom stereocenters. The smallest absolute Gasteiger partial charge is 0.234 e. The minimum atomic E-state index is -0.135. The number of anilines is 1. The highest BCUT2D eigenvalue weighted by molar-refractivity contribution is 8.00. The van der Waals surface area contributed by atoms with Gasteiger partial charge in [-0.1, -0.05) is 42.8 Å². The second-order valence-electron chi connectivity index (χ2n) is 7.75. The molecule has 1 aromatic heterocycles. The number of benzene rings is 2. The van der Waals surface area contributed by atoms with Crippen molar-refractivity contribution in [1.29, 1.82) is 5.26 Å². The van der Waals surface area contributed by atoms with Gasteiger partial charge < -0.3 is 10.1 Å². The first-order chi connectivity index (χ1) is 15.7. The number of carbonyl (C=O) groups is 1. The zero-order valence-corrected chi connectivity index (χ0v) is 18.7. The Hall–Kier alpha value is -3.30. The number of aromatic nitrogens is 1. The summed E-state index contributed by atoms with van der Waals surface area (Å²) in [6.07, 6.45) is 6.65. The average Bonchev–Trinajstić information content (AvgIpc) is 2.80. The van der Waals surface area contributed by atoms with E-state index in [1.807, 2.05) is 60.7 Å². The van der Waals surface area contributed by atoms with Crippen LogP contribution in [0.5, 0.6) is 11.5 Å². The summed E-state index contributed by atoms with van der Waals surface area (Å²) in [6, 6.07) is 21.0. The maximum absolute atomic E-state index is 12.5. The molecule has 0 saturated heterocycles. The number of nitriles is 1. The summed E-state index contributed by atoms with van der Waals surface area (Å²) in [4.78, 5) is 17.2. The third kappa shape index (κ3) is 5.89. The largest absolute Gasteiger partial charge is 0.457 e. The number of ether oxygens (including phenoxy) is 1. The summed E-state index contributed by atoms with van der Waals surface area (Å²) >= 11 is 1.32. The molecule has 6 heteroatoms. The summed E-state index contributed by atoms with van der Waals surface area (Å²) in [7, 11) is 0. The fourth-order valence-corrected chi connectivity index (χ4v) is 4.50. The number of amides is 1. The molecule has 0 bridgehead atoms. The summed E-state index contributed by atoms with van der Waals surface area (Å²) < 4.78 is 5.78. The van der Waals surface area contributed by atoms with Gasteiger partial charge in [-0.2, -0.15) is 5.26 Å². The molecule has 1 N–H and O–H groups in total. The number of nitrogens with one attached hydrogen (secondary N) is 1. The number of nitrogens with zero attached hydrogens (tertiary/aromatic N) is 2. The fraction of sp³-hybridized carbons (Fsp3) is 0.269. The first kappa shape index (κ1) is 21.9. The van der Waals surface area contributed by atoms with Gasteiger partial charge in [0.1, 0.15) is 22.6 Å². The molecule has 0 saturated carbocycles. The average molecular weight is 444 g/mol. The van der Waals surface area contributed by atoms with Gasteiger partial charge in [0.25, 0.3) is 0 Å². The number of rotatable bonds is 6. The standard InChI is InChI=1S/C26H25N3O2S/c27-17-20-16-19-8-4-1-2-7-11-24(19)29-26(20)32-18-25(30)28-21-12-14-23(15-13-21)31-22-9-5-3-6-10-22/h3,5-6,9-10,12-16H,1-2,4,7-8,11,18H2,(H,28,30). The molecule has 5 nitrogen and oxygen atoms in total. The van der Waals surface area contributed by atoms with E-state index in [1.165, 1.54) is 30.2 Å². The van der Waals surface area contributed by atoms with Crippen molar-refractivity contribution >= 4 is 23.4 Å². The predicted molar refractivity (Wildman–Crippen MR) is 127 cm³/mol. The number of hydrogen-bond donors (Lipinski definition) is 1. The Morgan fingerprint density at radius 3 is 2.47 bits per heavy atom. The molecule has 1 aliphatic carbocycles. The quantitative estimate of drug-likeness (QED) is 0.464. The Balaban J connectivity index is 1.35. The highest BCUT2D eigenvalue weighted by Crippen LogP contribution is 2.27. The molecule has 0 radical (unpaired) electrons. The third-order valence-electron chi connectivity index (χ3n) is 5.34. The van der Waals surface area contributed by atoms with Gasteiger partial charge in [0.05, 0.1) is 11.3 Å². The molecule has 2 aromatic carbocycles. The summed E-state index contributed by atoms with van der Waals surface area (Å²) in [5, 5.41) is 13.1. The number of hydrogen-bond acceptors (Lipinski definition) is 5. The van der Waals surface area contributed by atoms with Gasteiger partial charge in [0, 0.05) is 11.4 Å². The first-order valence-corrected chi connectivity index (χ1v) is 11.9. The van der Waals surface area contributed by atoms with Crippen molar-refractivity contribution in [3.8, 4) is 17.6 Å². The van der Waals surface area contributed by atoms with Crippen molar-refractivity contribution in [1.82, 2.24) is 4.98 Å². The van der Waals surface area contributed by atoms with E-state index in [9.17, 15) is 10.1 Å². The van der Waals surface area contributed by atoms with Crippen LogP contribution in [-0.4, -0.2) is 16.6 Å². The van der Waals surface area contributed by atoms with E-state index >= 15 is 0 Å². The van der Waals surface area contributed by atoms with Crippen LogP contribution < -0.4 is 10.1 Å². The SMILES string of the molecule is N#Cc1cc2c(nc1SCC(=O)Nc1ccc(Oc3ccccc3)cc1)CCCCCC2. The Kier molecular flexibility index (Phi) is 7.42. The monoisotopic (exact) mass is 443 g/mol. The summed E-state index contributed by atoms with van der Waals surface area (Å²) in [6.45, 7) is 0. The predicted octanol–water partition coefficient (Wildman–Crippen LogP) is 6.14. The lowest BCUT2D eigenvalue weighted by atomic mass is 9.96. The van der Waals surface area contributed by atoms with Crippen molar-refractivity contribution in [3.05, 3.63) is 77.5 Å². The summed E-state index contributed by atoms with van der Waals surface area (Å²) in [5.41, 5.74) is 3.53. The van der Waals surface area contributed by atoms with Crippen LogP contribution in [0.15, 0.2) is 65.7 Å². The van der Waals surface area contributed by atoms with Crippen molar-refractivity contribution in [3.63, 3.8) is 0 Å². The van der Waals surface area contributed by atoms with Crippen LogP contribution in [0.25, 0.3) is 0 Å². The van der Waals surface area contributed by atoms with Gasteiger partial charge in [0.2, 0.25) is 5.91 Å². The highest BCUT2D eigenvalue weighted by Gasteiger charge is 2.15. The molecule has 4 rings (SSSR count). The van der Waals surface area contributed by atoms with Crippen molar-refractivity contribution in [2.45, 2.75) is 43.6 Å². The number of para-hydroxylation sites is 1. The molecule has 0 aliphatic heterocycles. The van der Waals surface area contributed by atoms with Gasteiger partial charge in [-0.3, -0.25) is 4.79 Å². The van der Waals surface area contributed by atoms with Crippen molar-refractivity contribution < 1.29 is 9.53 Å². The second-order valence-corrected chi connectivity index (χ2v) is 8.71. The minimum absolute atomic E-state index is 0.135. The lowest BCUT2D eigenvalue weighted by Gasteiger charge is -2.15. The van der Waals surface area contributed by atoms with Crippen LogP contribution in [0.3, 0.4) is 0 Å². The van der Waals surface area contributed by atoms with Crippen LogP contribution in [0.1, 0.15) is 42.5 Å². The van der Waals surface area contributed by atoms with Gasteiger partial charge in [-0.05, 0) is 73.7 Å². The molecule has 1 amide bonds. The zero-order chi connectivity index (χ0) is 22.2. The Labute approximate surface area is 192 Å². The van der Waals surface area contributed by atoms with Gasteiger partial charge in [-0.25, -0.2) is 4.98 Å². The van der Waals surface area contributed by atoms with E-state index in [2.05, 4.69) is 11.4 Å². The molecule has 32 heavy (non-hydrogen) atoms. The molecule has 0 atom stereocenters. The number of aryl methyl sites for hydroxylation is 2. The van der Waals surface area contributed by atoms with E-state index < -0.39 is 0 Å². The highest BCUT2D eigenvalue weighted by atomic mass is 32.2. The topological polar surface area (TPSA) is 75.0 Å². The number of fused-ring (bicyclic) bond motifs is 1. The number of pyridine rings is 1. The first-order valence-electron chi connectivity index (χ1n) is 10.9. The van der Waals surface area contributed by atoms with E-state index in [1.54, 1.807) is 0 Å². The van der Waals surface area contributed by atoms with Crippen molar-refractivity contribution in [2.75, 3.05) is 11.1 Å². The maximum atomic E-state index is 12.5. The minimum Gasteiger partial charge on any atom is -0.457 e. The van der Waals surface area contributed by atoms with Crippen LogP contribution in [0.4, 0.5) is 5.69 Å². The van der Waals surface area contributed by atoms with Gasteiger partial charge in [0.15, 0.2) is 0 Å². The van der Waals surface area contributed by atoms with Crippen molar-refractivity contribution in [2.24, 2.45) is 0 Å². The molecule has 1 heterocycles. The fourth-order valence-electron chi connectivity index (χ4n) is 3.72. The second kappa shape index (κ2) is 10.8. The lowest BCUT2D eigenvalue weighted by Crippen LogP contribution is -2.14. The Morgan fingerprint density at radius 1 is 1.00 bits per heavy atom. The zero-order valence-electron chi connectivity index (χ0n) is 17.8. The maximum Gasteiger partial charge on any atom is 0.234 e. The number of carbonyl (C=O) groups excluding carboxylic acids is 1. The van der Waals surface area contributed by atoms with Crippen LogP contribution in [0.2, 0.25) is 0 Å². The van der Waals surface area contributed by atoms with E-state index in [-0.39, 0.29) is 11.7 Å². The Morgan fingerprint density at radius 2 is 1.72 bits per heavy atom. The molecule has 0 spiro atoms. The summed E-state index contributed by atoms with van der Waals surface area (Å²) in [5.74, 6) is 1.53. The molecule has 162 valence electrons. The molecular weight excluding hydrogens is 418 g/mol. The van der Waals surface area contributed by atoms with E-state index in [0.717, 1.165) is 37.1 Å². The van der Waals surface area contributed by atoms with E-state index in [4.69, 9.17) is 9.72 Å². The molecule has 1 aliphatic rings. The third-order valence-corrected chi connectivity index (χ3v) is 6.33. The number of thioether (sulfide) groups is 1. The van der Waals surface area contributed by atoms with E-state index in [0.29, 0.717) is 22.0 Å². The van der Waals surface area contributed by atoms with Gasteiger partial charge >= 0.3 is 0 Å². The molecule has 0 fully saturated rings. The lowest BCUT2D eigenvalue weighted by molar-refractivity contribution is -0.113. The Bertz CT molecular complexity index is 1110. The van der Waals surface area contributed by atoms with Gasteiger partial charge in [-0.15, -0.1) is 0 Å². The van der Waals surface area contributed by atoms with Crippen LogP contribution >= 0.6 is 11.8 Å². The van der Waals surface area contributed by atoms with Crippen LogP contribution in [0, 0.1) is 11.3 Å². The van der Waals surface area contributed by atoms with Crippen LogP contribution in [-0.2, 0) is 17.6 Å². The molecular formula is C26H25N3O2S.